The summed E-state index contributed by atoms with van der Waals surface area (Å²) in [7, 11) is -1.11. The van der Waals surface area contributed by atoms with E-state index in [9.17, 15) is 14.4 Å². The number of ether oxygens (including phenoxy) is 2. The number of alkyl halides is 3. The van der Waals surface area contributed by atoms with Crippen molar-refractivity contribution in [2.24, 2.45) is 0 Å². The number of fused-ring (bicyclic) bond motifs is 3. The number of nitrogens with zero attached hydrogens (tertiary/aromatic N) is 1. The van der Waals surface area contributed by atoms with Crippen molar-refractivity contribution in [2.75, 3.05) is 18.6 Å². The van der Waals surface area contributed by atoms with Crippen LogP contribution in [0.5, 0.6) is 0 Å². The van der Waals surface area contributed by atoms with Crippen LogP contribution in [0.3, 0.4) is 0 Å². The molecule has 3 rings (SSSR count). The lowest BCUT2D eigenvalue weighted by atomic mass is 9.86. The smallest absolute Gasteiger partial charge is 0.407 e. The minimum Gasteiger partial charge on any atom is -0.467 e. The third-order valence-electron chi connectivity index (χ3n) is 7.32. The Bertz CT molecular complexity index is 1010. The van der Waals surface area contributed by atoms with E-state index in [4.69, 9.17) is 48.7 Å². The molecule has 1 aromatic carbocycles. The van der Waals surface area contributed by atoms with Crippen molar-refractivity contribution < 1.29 is 28.3 Å². The highest BCUT2D eigenvalue weighted by molar-refractivity contribution is 6.73. The molecule has 2 N–H and O–H groups in total. The molecule has 0 aromatic heterocycles. The van der Waals surface area contributed by atoms with E-state index in [1.165, 1.54) is 7.11 Å². The van der Waals surface area contributed by atoms with Crippen LogP contribution in [0.2, 0.25) is 18.1 Å². The fourth-order valence-electron chi connectivity index (χ4n) is 5.21. The van der Waals surface area contributed by atoms with Crippen molar-refractivity contribution in [1.82, 2.24) is 10.6 Å². The summed E-state index contributed by atoms with van der Waals surface area (Å²) in [5, 5.41) is 5.94. The predicted octanol–water partition coefficient (Wildman–Crippen LogP) is 4.60. The van der Waals surface area contributed by atoms with Crippen molar-refractivity contribution >= 4 is 66.8 Å². The van der Waals surface area contributed by atoms with Crippen molar-refractivity contribution in [3.05, 3.63) is 29.8 Å². The summed E-state index contributed by atoms with van der Waals surface area (Å²) in [5.74, 6) is -0.789. The molecular formula is C24H34Cl3N3O6Si. The lowest BCUT2D eigenvalue weighted by Gasteiger charge is -2.45. The van der Waals surface area contributed by atoms with Crippen LogP contribution in [0.4, 0.5) is 10.5 Å². The van der Waals surface area contributed by atoms with Crippen molar-refractivity contribution in [2.45, 2.75) is 79.9 Å². The molecule has 0 saturated carbocycles. The third-order valence-corrected chi connectivity index (χ3v) is 12.3. The Labute approximate surface area is 233 Å². The van der Waals surface area contributed by atoms with E-state index in [2.05, 4.69) is 31.4 Å². The number of rotatable bonds is 10. The molecule has 1 saturated heterocycles. The number of halogens is 3. The van der Waals surface area contributed by atoms with Crippen LogP contribution in [0.15, 0.2) is 24.3 Å². The number of anilines is 1. The van der Waals surface area contributed by atoms with Gasteiger partial charge in [-0.15, -0.1) is 0 Å². The Kier molecular flexibility index (Phi) is 9.46. The monoisotopic (exact) mass is 593 g/mol. The van der Waals surface area contributed by atoms with E-state index < -0.39 is 54.6 Å². The van der Waals surface area contributed by atoms with Gasteiger partial charge in [0.15, 0.2) is 8.32 Å². The summed E-state index contributed by atoms with van der Waals surface area (Å²) >= 11 is 17.1. The van der Waals surface area contributed by atoms with Gasteiger partial charge in [-0.1, -0.05) is 73.8 Å². The molecule has 0 spiro atoms. The fraction of sp³-hybridized carbons (Fsp3) is 0.625. The van der Waals surface area contributed by atoms with Gasteiger partial charge < -0.3 is 19.2 Å². The summed E-state index contributed by atoms with van der Waals surface area (Å²) in [6, 6.07) is 8.38. The van der Waals surface area contributed by atoms with Gasteiger partial charge in [-0.05, 0) is 31.1 Å². The van der Waals surface area contributed by atoms with Crippen LogP contribution in [0.25, 0.3) is 0 Å². The lowest BCUT2D eigenvalue weighted by Crippen LogP contribution is -2.59. The minimum absolute atomic E-state index is 0.0114. The van der Waals surface area contributed by atoms with E-state index in [1.54, 1.807) is 11.8 Å². The predicted molar refractivity (Wildman–Crippen MR) is 145 cm³/mol. The number of alkyl carbamates (subject to hydrolysis) is 1. The molecule has 2 heterocycles. The Morgan fingerprint density at radius 1 is 1.19 bits per heavy atom. The summed E-state index contributed by atoms with van der Waals surface area (Å²) < 4.78 is 15.4. The van der Waals surface area contributed by atoms with Crippen LogP contribution in [-0.2, 0) is 29.1 Å². The number of benzene rings is 1. The van der Waals surface area contributed by atoms with Gasteiger partial charge in [-0.2, -0.15) is 0 Å². The zero-order chi connectivity index (χ0) is 27.6. The average Bonchev–Trinajstić information content (AvgIpc) is 3.31. The van der Waals surface area contributed by atoms with E-state index in [-0.39, 0.29) is 12.3 Å². The molecule has 0 unspecified atom stereocenters. The summed E-state index contributed by atoms with van der Waals surface area (Å²) in [4.78, 5) is 40.5. The summed E-state index contributed by atoms with van der Waals surface area (Å²) in [6.45, 7) is 7.59. The second kappa shape index (κ2) is 11.7. The second-order valence-corrected chi connectivity index (χ2v) is 16.6. The van der Waals surface area contributed by atoms with Gasteiger partial charge in [0.2, 0.25) is 9.70 Å². The van der Waals surface area contributed by atoms with E-state index in [1.807, 2.05) is 24.3 Å². The zero-order valence-corrected chi connectivity index (χ0v) is 24.9. The zero-order valence-electron chi connectivity index (χ0n) is 21.6. The number of carbonyl (C=O) groups excluding carboxylic acids is 3. The molecule has 0 radical (unpaired) electrons. The fourth-order valence-corrected chi connectivity index (χ4v) is 8.38. The van der Waals surface area contributed by atoms with Crippen molar-refractivity contribution in [3.8, 4) is 0 Å². The van der Waals surface area contributed by atoms with E-state index in [0.717, 1.165) is 23.7 Å². The highest BCUT2D eigenvalue weighted by atomic mass is 35.6. The Morgan fingerprint density at radius 3 is 2.38 bits per heavy atom. The van der Waals surface area contributed by atoms with E-state index >= 15 is 0 Å². The van der Waals surface area contributed by atoms with Crippen LogP contribution in [0.1, 0.15) is 39.7 Å². The van der Waals surface area contributed by atoms with Gasteiger partial charge in [0, 0.05) is 12.0 Å². The number of nitrogens with one attached hydrogen (secondary N) is 2. The lowest BCUT2D eigenvalue weighted by molar-refractivity contribution is -0.145. The summed E-state index contributed by atoms with van der Waals surface area (Å²) in [5.41, 5.74) is 0.334. The van der Waals surface area contributed by atoms with Gasteiger partial charge in [-0.3, -0.25) is 15.0 Å². The Morgan fingerprint density at radius 2 is 1.81 bits per heavy atom. The maximum absolute atomic E-state index is 13.2. The standard InChI is InChI=1S/C24H34Cl3N3O6Si/c1-6-37(7-2,8-3)36-23(13-17(20(32)34-5)29-22(33)35-14-24(25,26)27)16-11-9-10-12-18(16)30-19(31)15(4)28-21(23)30/h9-12,15,17,21,28H,6-8,13-14H2,1-5H3,(H,29,33)/t15-,17-,21-,23-/m0/s1. The SMILES string of the molecule is CC[Si](CC)(CC)O[C@@]1(C[C@H](NC(=O)OCC(Cl)(Cl)Cl)C(=O)OC)c2ccccc2N2C(=O)[C@H](C)N[C@@H]21. The molecule has 0 bridgehead atoms. The first kappa shape index (κ1) is 30.0. The van der Waals surface area contributed by atoms with Gasteiger partial charge in [0.25, 0.3) is 0 Å². The molecule has 1 aromatic rings. The molecular weight excluding hydrogens is 561 g/mol. The quantitative estimate of drug-likeness (QED) is 0.232. The maximum Gasteiger partial charge on any atom is 0.407 e. The van der Waals surface area contributed by atoms with E-state index in [0.29, 0.717) is 5.69 Å². The molecule has 206 valence electrons. The van der Waals surface area contributed by atoms with Crippen LogP contribution < -0.4 is 15.5 Å². The normalized spacial score (nSPS) is 23.9. The average molecular weight is 595 g/mol. The number of para-hydroxylation sites is 1. The first-order valence-electron chi connectivity index (χ1n) is 12.3. The first-order valence-corrected chi connectivity index (χ1v) is 16.0. The van der Waals surface area contributed by atoms with Crippen LogP contribution in [0, 0.1) is 0 Å². The topological polar surface area (TPSA) is 106 Å². The van der Waals surface area contributed by atoms with Crippen molar-refractivity contribution in [1.29, 1.82) is 0 Å². The number of esters is 1. The largest absolute Gasteiger partial charge is 0.467 e. The minimum atomic E-state index is -2.35. The Balaban J connectivity index is 2.10. The molecule has 13 heteroatoms. The highest BCUT2D eigenvalue weighted by Crippen LogP contribution is 2.52. The van der Waals surface area contributed by atoms with Crippen LogP contribution >= 0.6 is 34.8 Å². The first-order chi connectivity index (χ1) is 17.4. The van der Waals surface area contributed by atoms with Gasteiger partial charge in [0.05, 0.1) is 18.8 Å². The van der Waals surface area contributed by atoms with Gasteiger partial charge in [0.1, 0.15) is 24.4 Å². The highest BCUT2D eigenvalue weighted by Gasteiger charge is 2.61. The number of methoxy groups -OCH3 is 1. The van der Waals surface area contributed by atoms with Crippen molar-refractivity contribution in [3.63, 3.8) is 0 Å². The number of hydrogen-bond donors (Lipinski definition) is 2. The molecule has 2 aliphatic rings. The van der Waals surface area contributed by atoms with Gasteiger partial charge in [-0.25, -0.2) is 9.59 Å². The maximum atomic E-state index is 13.2. The molecule has 2 aliphatic heterocycles. The van der Waals surface area contributed by atoms with Crippen LogP contribution in [-0.4, -0.2) is 62.0 Å². The third kappa shape index (κ3) is 6.04. The molecule has 2 amide bonds. The number of hydrogen-bond acceptors (Lipinski definition) is 7. The molecule has 37 heavy (non-hydrogen) atoms. The Hall–Kier alpha value is -1.56. The molecule has 4 atom stereocenters. The summed E-state index contributed by atoms with van der Waals surface area (Å²) in [6.07, 6.45) is -1.55. The molecule has 9 nitrogen and oxygen atoms in total. The second-order valence-electron chi connectivity index (χ2n) is 9.37. The number of amides is 2. The molecule has 1 fully saturated rings. The molecule has 0 aliphatic carbocycles. The number of carbonyl (C=O) groups is 3. The van der Waals surface area contributed by atoms with Gasteiger partial charge >= 0.3 is 12.1 Å².